The number of aromatic hydroxyl groups is 2. The van der Waals surface area contributed by atoms with E-state index in [2.05, 4.69) is 6.58 Å². The summed E-state index contributed by atoms with van der Waals surface area (Å²) in [6, 6.07) is 14.1. The van der Waals surface area contributed by atoms with E-state index in [-0.39, 0.29) is 17.4 Å². The molecular weight excluding hydrogens is 236 g/mol. The molecule has 0 bridgehead atoms. The van der Waals surface area contributed by atoms with Crippen LogP contribution in [0.2, 0.25) is 0 Å². The van der Waals surface area contributed by atoms with Crippen molar-refractivity contribution in [3.05, 3.63) is 78.4 Å². The fraction of sp³-hybridized carbons (Fsp3) is 0.0588. The third-order valence-corrected chi connectivity index (χ3v) is 2.92. The second kappa shape index (κ2) is 5.91. The Kier molecular flexibility index (Phi) is 4.04. The lowest BCUT2D eigenvalue weighted by molar-refractivity contribution is 0.474. The summed E-state index contributed by atoms with van der Waals surface area (Å²) in [5.74, 6) is 0.611. The maximum absolute atomic E-state index is 9.28. The molecule has 0 radical (unpaired) electrons. The molecule has 2 aromatic carbocycles. The molecule has 2 aromatic rings. The number of hydrogen-bond donors (Lipinski definition) is 2. The fourth-order valence-corrected chi connectivity index (χ4v) is 1.82. The predicted octanol–water partition coefficient (Wildman–Crippen LogP) is 4.08. The molecule has 19 heavy (non-hydrogen) atoms. The lowest BCUT2D eigenvalue weighted by Gasteiger charge is -2.08. The standard InChI is InChI=1S/C17H16O2/c1-2-14(15-7-11-17(19)12-8-15)6-3-13-4-9-16(18)10-5-13/h2-12,14,18-19H,1H2/b6-3+/t14-/m1/s1. The Morgan fingerprint density at radius 2 is 1.37 bits per heavy atom. The average molecular weight is 252 g/mol. The van der Waals surface area contributed by atoms with Gasteiger partial charge in [0, 0.05) is 5.92 Å². The predicted molar refractivity (Wildman–Crippen MR) is 78.2 cm³/mol. The van der Waals surface area contributed by atoms with Gasteiger partial charge in [0.25, 0.3) is 0 Å². The molecule has 0 unspecified atom stereocenters. The van der Waals surface area contributed by atoms with Gasteiger partial charge in [-0.3, -0.25) is 0 Å². The zero-order valence-corrected chi connectivity index (χ0v) is 10.5. The van der Waals surface area contributed by atoms with E-state index in [0.29, 0.717) is 0 Å². The highest BCUT2D eigenvalue weighted by atomic mass is 16.3. The number of phenols is 2. The van der Waals surface area contributed by atoms with Crippen molar-refractivity contribution in [2.24, 2.45) is 0 Å². The molecule has 2 N–H and O–H groups in total. The number of benzene rings is 2. The topological polar surface area (TPSA) is 40.5 Å². The minimum absolute atomic E-state index is 0.0920. The molecule has 0 aliphatic rings. The first kappa shape index (κ1) is 13.0. The van der Waals surface area contributed by atoms with Crippen LogP contribution in [0, 0.1) is 0 Å². The van der Waals surface area contributed by atoms with Gasteiger partial charge in [0.2, 0.25) is 0 Å². The molecule has 96 valence electrons. The van der Waals surface area contributed by atoms with Crippen molar-refractivity contribution in [2.75, 3.05) is 0 Å². The zero-order chi connectivity index (χ0) is 13.7. The quantitative estimate of drug-likeness (QED) is 0.805. The van der Waals surface area contributed by atoms with Crippen LogP contribution < -0.4 is 0 Å². The number of allylic oxidation sites excluding steroid dienone is 2. The van der Waals surface area contributed by atoms with Crippen LogP contribution in [0.1, 0.15) is 17.0 Å². The van der Waals surface area contributed by atoms with Crippen LogP contribution in [-0.4, -0.2) is 10.2 Å². The van der Waals surface area contributed by atoms with Crippen LogP contribution in [0.4, 0.5) is 0 Å². The Balaban J connectivity index is 2.17. The van der Waals surface area contributed by atoms with Gasteiger partial charge >= 0.3 is 0 Å². The molecule has 0 fully saturated rings. The van der Waals surface area contributed by atoms with Crippen molar-refractivity contribution in [3.63, 3.8) is 0 Å². The number of hydrogen-bond acceptors (Lipinski definition) is 2. The molecule has 0 aliphatic carbocycles. The summed E-state index contributed by atoms with van der Waals surface area (Å²) >= 11 is 0. The van der Waals surface area contributed by atoms with Gasteiger partial charge in [0.15, 0.2) is 0 Å². The van der Waals surface area contributed by atoms with Gasteiger partial charge in [0.1, 0.15) is 11.5 Å². The number of phenolic OH excluding ortho intramolecular Hbond substituents is 2. The largest absolute Gasteiger partial charge is 0.508 e. The van der Waals surface area contributed by atoms with Gasteiger partial charge in [-0.2, -0.15) is 0 Å². The molecule has 0 aromatic heterocycles. The summed E-state index contributed by atoms with van der Waals surface area (Å²) in [5, 5.41) is 18.5. The van der Waals surface area contributed by atoms with Gasteiger partial charge in [-0.1, -0.05) is 42.5 Å². The van der Waals surface area contributed by atoms with Crippen LogP contribution in [0.5, 0.6) is 11.5 Å². The molecule has 0 aliphatic heterocycles. The highest BCUT2D eigenvalue weighted by Crippen LogP contribution is 2.22. The second-order valence-corrected chi connectivity index (χ2v) is 4.30. The van der Waals surface area contributed by atoms with E-state index < -0.39 is 0 Å². The van der Waals surface area contributed by atoms with Crippen LogP contribution in [0.3, 0.4) is 0 Å². The first-order chi connectivity index (χ1) is 9.19. The highest BCUT2D eigenvalue weighted by Gasteiger charge is 2.03. The Labute approximate surface area is 113 Å². The minimum Gasteiger partial charge on any atom is -0.508 e. The van der Waals surface area contributed by atoms with E-state index in [0.717, 1.165) is 11.1 Å². The fourth-order valence-electron chi connectivity index (χ4n) is 1.82. The maximum atomic E-state index is 9.28. The Bertz CT molecular complexity index is 565. The molecule has 1 atom stereocenters. The van der Waals surface area contributed by atoms with Crippen molar-refractivity contribution >= 4 is 6.08 Å². The number of rotatable bonds is 4. The maximum Gasteiger partial charge on any atom is 0.115 e. The van der Waals surface area contributed by atoms with E-state index in [1.165, 1.54) is 0 Å². The zero-order valence-electron chi connectivity index (χ0n) is 10.5. The van der Waals surface area contributed by atoms with E-state index >= 15 is 0 Å². The SMILES string of the molecule is C=C[C@H](/C=C/c1ccc(O)cc1)c1ccc(O)cc1. The van der Waals surface area contributed by atoms with Crippen LogP contribution in [-0.2, 0) is 0 Å². The molecule has 0 saturated heterocycles. The van der Waals surface area contributed by atoms with E-state index in [9.17, 15) is 10.2 Å². The van der Waals surface area contributed by atoms with Crippen LogP contribution >= 0.6 is 0 Å². The van der Waals surface area contributed by atoms with E-state index in [1.807, 2.05) is 42.5 Å². The minimum atomic E-state index is 0.0920. The van der Waals surface area contributed by atoms with E-state index in [1.54, 1.807) is 24.3 Å². The van der Waals surface area contributed by atoms with Gasteiger partial charge < -0.3 is 10.2 Å². The second-order valence-electron chi connectivity index (χ2n) is 4.30. The lowest BCUT2D eigenvalue weighted by atomic mass is 9.98. The molecule has 2 nitrogen and oxygen atoms in total. The molecule has 0 spiro atoms. The van der Waals surface area contributed by atoms with Crippen molar-refractivity contribution in [1.82, 2.24) is 0 Å². The Morgan fingerprint density at radius 1 is 0.842 bits per heavy atom. The Morgan fingerprint density at radius 3 is 1.89 bits per heavy atom. The smallest absolute Gasteiger partial charge is 0.115 e. The van der Waals surface area contributed by atoms with E-state index in [4.69, 9.17) is 0 Å². The molecular formula is C17H16O2. The summed E-state index contributed by atoms with van der Waals surface area (Å²) in [6.45, 7) is 3.83. The van der Waals surface area contributed by atoms with Gasteiger partial charge in [-0.15, -0.1) is 6.58 Å². The lowest BCUT2D eigenvalue weighted by Crippen LogP contribution is -1.89. The molecule has 0 heterocycles. The van der Waals surface area contributed by atoms with Crippen molar-refractivity contribution in [2.45, 2.75) is 5.92 Å². The van der Waals surface area contributed by atoms with Crippen molar-refractivity contribution in [3.8, 4) is 11.5 Å². The third kappa shape index (κ3) is 3.49. The average Bonchev–Trinajstić information content (AvgIpc) is 2.43. The summed E-state index contributed by atoms with van der Waals surface area (Å²) in [4.78, 5) is 0. The monoisotopic (exact) mass is 252 g/mol. The van der Waals surface area contributed by atoms with Gasteiger partial charge in [-0.05, 0) is 35.4 Å². The van der Waals surface area contributed by atoms with Crippen LogP contribution in [0.25, 0.3) is 6.08 Å². The first-order valence-electron chi connectivity index (χ1n) is 6.08. The summed E-state index contributed by atoms with van der Waals surface area (Å²) in [6.07, 6.45) is 5.87. The van der Waals surface area contributed by atoms with Crippen LogP contribution in [0.15, 0.2) is 67.3 Å². The third-order valence-electron chi connectivity index (χ3n) is 2.92. The highest BCUT2D eigenvalue weighted by molar-refractivity contribution is 5.52. The summed E-state index contributed by atoms with van der Waals surface area (Å²) in [7, 11) is 0. The molecule has 0 amide bonds. The molecule has 2 heteroatoms. The Hall–Kier alpha value is -2.48. The normalized spacial score (nSPS) is 12.4. The summed E-state index contributed by atoms with van der Waals surface area (Å²) < 4.78 is 0. The first-order valence-corrected chi connectivity index (χ1v) is 6.08. The van der Waals surface area contributed by atoms with Crippen molar-refractivity contribution in [1.29, 1.82) is 0 Å². The molecule has 0 saturated carbocycles. The van der Waals surface area contributed by atoms with Gasteiger partial charge in [-0.25, -0.2) is 0 Å². The summed E-state index contributed by atoms with van der Waals surface area (Å²) in [5.41, 5.74) is 2.09. The van der Waals surface area contributed by atoms with Gasteiger partial charge in [0.05, 0.1) is 0 Å². The van der Waals surface area contributed by atoms with Crippen molar-refractivity contribution < 1.29 is 10.2 Å². The molecule has 2 rings (SSSR count).